The fraction of sp³-hybridized carbons (Fsp3) is 0.889. The zero-order valence-corrected chi connectivity index (χ0v) is 20.3. The van der Waals surface area contributed by atoms with Crippen LogP contribution in [0.1, 0.15) is 92.9 Å². The van der Waals surface area contributed by atoms with Crippen LogP contribution in [-0.2, 0) is 19.1 Å². The molecule has 8 atom stereocenters. The van der Waals surface area contributed by atoms with Crippen LogP contribution in [0.2, 0.25) is 0 Å². The molecule has 8 unspecified atom stereocenters. The zero-order valence-electron chi connectivity index (χ0n) is 20.3. The highest BCUT2D eigenvalue weighted by molar-refractivity contribution is 5.92. The minimum absolute atomic E-state index is 0.0258. The summed E-state index contributed by atoms with van der Waals surface area (Å²) in [7, 11) is 0. The molecule has 4 aliphatic carbocycles. The van der Waals surface area contributed by atoms with Gasteiger partial charge in [-0.3, -0.25) is 9.59 Å². The molecule has 1 spiro atoms. The highest BCUT2D eigenvalue weighted by Crippen LogP contribution is 2.77. The van der Waals surface area contributed by atoms with Crippen LogP contribution in [0.3, 0.4) is 0 Å². The summed E-state index contributed by atoms with van der Waals surface area (Å²) in [5, 5.41) is 0. The molecule has 4 nitrogen and oxygen atoms in total. The van der Waals surface area contributed by atoms with Gasteiger partial charge in [0.2, 0.25) is 0 Å². The lowest BCUT2D eigenvalue weighted by Crippen LogP contribution is -2.68. The van der Waals surface area contributed by atoms with Gasteiger partial charge < -0.3 is 9.53 Å². The Bertz CT molecular complexity index is 859. The fourth-order valence-electron chi connectivity index (χ4n) is 10.1. The van der Waals surface area contributed by atoms with Gasteiger partial charge in [0.25, 0.3) is 0 Å². The van der Waals surface area contributed by atoms with Crippen LogP contribution in [0.4, 0.5) is 0 Å². The number of fused-ring (bicyclic) bond motifs is 2. The molecule has 1 saturated heterocycles. The van der Waals surface area contributed by atoms with Gasteiger partial charge in [-0.05, 0) is 67.6 Å². The van der Waals surface area contributed by atoms with Gasteiger partial charge in [0.1, 0.15) is 17.3 Å². The number of rotatable bonds is 3. The average molecular weight is 429 g/mol. The number of hydrogen-bond donors (Lipinski definition) is 0. The molecular formula is C27H40O4. The van der Waals surface area contributed by atoms with E-state index in [2.05, 4.69) is 20.8 Å². The average Bonchev–Trinajstić information content (AvgIpc) is 3.07. The molecule has 0 radical (unpaired) electrons. The third-order valence-corrected chi connectivity index (χ3v) is 11.7. The maximum Gasteiger partial charge on any atom is 0.141 e. The Hall–Kier alpha value is -1.03. The molecule has 5 aliphatic rings. The van der Waals surface area contributed by atoms with Crippen molar-refractivity contribution in [2.24, 2.45) is 45.3 Å². The van der Waals surface area contributed by atoms with Gasteiger partial charge in [-0.2, -0.15) is 0 Å². The molecule has 0 aromatic carbocycles. The summed E-state index contributed by atoms with van der Waals surface area (Å²) in [5.74, 6) is 2.08. The normalized spacial score (nSPS) is 51.1. The lowest BCUT2D eigenvalue weighted by atomic mass is 9.36. The monoisotopic (exact) mass is 428 g/mol. The van der Waals surface area contributed by atoms with Crippen molar-refractivity contribution in [1.29, 1.82) is 0 Å². The molecule has 4 heteroatoms. The first-order valence-corrected chi connectivity index (χ1v) is 12.6. The number of hydrogen-bond acceptors (Lipinski definition) is 4. The number of carbonyl (C=O) groups excluding carboxylic acids is 3. The minimum Gasteiger partial charge on any atom is -0.373 e. The molecular weight excluding hydrogens is 388 g/mol. The van der Waals surface area contributed by atoms with Gasteiger partial charge in [0.05, 0.1) is 17.6 Å². The molecule has 2 bridgehead atoms. The quantitative estimate of drug-likeness (QED) is 0.622. The van der Waals surface area contributed by atoms with Crippen LogP contribution < -0.4 is 0 Å². The molecule has 1 heterocycles. The first-order valence-electron chi connectivity index (χ1n) is 12.6. The third kappa shape index (κ3) is 2.34. The van der Waals surface area contributed by atoms with Crippen molar-refractivity contribution >= 4 is 17.3 Å². The van der Waals surface area contributed by atoms with Crippen molar-refractivity contribution in [3.63, 3.8) is 0 Å². The van der Waals surface area contributed by atoms with E-state index in [9.17, 15) is 14.4 Å². The molecule has 0 amide bonds. The van der Waals surface area contributed by atoms with Crippen molar-refractivity contribution in [2.45, 2.75) is 98.5 Å². The summed E-state index contributed by atoms with van der Waals surface area (Å²) in [5.41, 5.74) is -1.27. The second-order valence-electron chi connectivity index (χ2n) is 13.0. The second-order valence-corrected chi connectivity index (χ2v) is 13.0. The van der Waals surface area contributed by atoms with E-state index in [1.807, 2.05) is 13.8 Å². The minimum atomic E-state index is -0.597. The van der Waals surface area contributed by atoms with E-state index in [4.69, 9.17) is 4.74 Å². The predicted molar refractivity (Wildman–Crippen MR) is 118 cm³/mol. The maximum absolute atomic E-state index is 14.0. The van der Waals surface area contributed by atoms with Crippen molar-refractivity contribution in [2.75, 3.05) is 6.61 Å². The number of ketones is 3. The molecule has 0 aromatic heterocycles. The Morgan fingerprint density at radius 1 is 1.06 bits per heavy atom. The summed E-state index contributed by atoms with van der Waals surface area (Å²) in [4.78, 5) is 38.8. The summed E-state index contributed by atoms with van der Waals surface area (Å²) in [6.45, 7) is 13.5. The topological polar surface area (TPSA) is 60.4 Å². The molecule has 1 aliphatic heterocycles. The van der Waals surface area contributed by atoms with Gasteiger partial charge in [-0.1, -0.05) is 34.6 Å². The zero-order chi connectivity index (χ0) is 22.6. The summed E-state index contributed by atoms with van der Waals surface area (Å²) >= 11 is 0. The SMILES string of the molecule is CC(=O)CC(C)C1CCC2(C)C3C(=O)CC45OCC3(CCC12C)C4CCC(=O)C5(C)C. The fourth-order valence-corrected chi connectivity index (χ4v) is 10.1. The van der Waals surface area contributed by atoms with Crippen LogP contribution >= 0.6 is 0 Å². The Kier molecular flexibility index (Phi) is 4.43. The van der Waals surface area contributed by atoms with E-state index in [0.717, 1.165) is 32.1 Å². The van der Waals surface area contributed by atoms with E-state index in [-0.39, 0.29) is 33.7 Å². The van der Waals surface area contributed by atoms with E-state index in [0.29, 0.717) is 49.4 Å². The first-order chi connectivity index (χ1) is 14.4. The van der Waals surface area contributed by atoms with Crippen molar-refractivity contribution in [3.05, 3.63) is 0 Å². The Morgan fingerprint density at radius 2 is 1.77 bits per heavy atom. The molecule has 31 heavy (non-hydrogen) atoms. The third-order valence-electron chi connectivity index (χ3n) is 11.7. The van der Waals surface area contributed by atoms with Crippen LogP contribution in [-0.4, -0.2) is 29.6 Å². The van der Waals surface area contributed by atoms with Crippen molar-refractivity contribution < 1.29 is 19.1 Å². The smallest absolute Gasteiger partial charge is 0.141 e. The molecule has 4 saturated carbocycles. The standard InChI is InChI=1S/C27H40O4/c1-16(13-17(2)28)18-9-10-25(6)22-19(29)14-27-20(7-8-21(30)23(27,3)4)26(22,15-31-27)12-11-24(18,25)5/h16,18,20,22H,7-15H2,1-6H3. The van der Waals surface area contributed by atoms with Crippen LogP contribution in [0.5, 0.6) is 0 Å². The van der Waals surface area contributed by atoms with Gasteiger partial charge >= 0.3 is 0 Å². The lowest BCUT2D eigenvalue weighted by Gasteiger charge is -2.65. The number of ether oxygens (including phenoxy) is 1. The van der Waals surface area contributed by atoms with Gasteiger partial charge in [0, 0.05) is 30.6 Å². The summed E-state index contributed by atoms with van der Waals surface area (Å²) < 4.78 is 6.65. The van der Waals surface area contributed by atoms with Crippen LogP contribution in [0.15, 0.2) is 0 Å². The number of carbonyl (C=O) groups is 3. The van der Waals surface area contributed by atoms with Crippen molar-refractivity contribution in [1.82, 2.24) is 0 Å². The molecule has 5 fully saturated rings. The summed E-state index contributed by atoms with van der Waals surface area (Å²) in [6, 6.07) is 0. The highest BCUT2D eigenvalue weighted by atomic mass is 16.5. The van der Waals surface area contributed by atoms with E-state index < -0.39 is 11.0 Å². The predicted octanol–water partition coefficient (Wildman–Crippen LogP) is 5.17. The second kappa shape index (κ2) is 6.30. The maximum atomic E-state index is 14.0. The molecule has 5 rings (SSSR count). The molecule has 0 N–H and O–H groups in total. The summed E-state index contributed by atoms with van der Waals surface area (Å²) in [6.07, 6.45) is 6.85. The molecule has 172 valence electrons. The van der Waals surface area contributed by atoms with Crippen LogP contribution in [0, 0.1) is 45.3 Å². The van der Waals surface area contributed by atoms with Gasteiger partial charge in [0.15, 0.2) is 0 Å². The van der Waals surface area contributed by atoms with E-state index >= 15 is 0 Å². The first kappa shape index (κ1) is 21.8. The number of Topliss-reactive ketones (excluding diaryl/α,β-unsaturated/α-hetero) is 3. The highest BCUT2D eigenvalue weighted by Gasteiger charge is 2.79. The largest absolute Gasteiger partial charge is 0.373 e. The Balaban J connectivity index is 1.57. The lowest BCUT2D eigenvalue weighted by molar-refractivity contribution is -0.193. The Morgan fingerprint density at radius 3 is 2.45 bits per heavy atom. The van der Waals surface area contributed by atoms with E-state index in [1.54, 1.807) is 6.92 Å². The van der Waals surface area contributed by atoms with Crippen LogP contribution in [0.25, 0.3) is 0 Å². The Labute approximate surface area is 187 Å². The molecule has 0 aromatic rings. The van der Waals surface area contributed by atoms with Gasteiger partial charge in [-0.15, -0.1) is 0 Å². The van der Waals surface area contributed by atoms with Gasteiger partial charge in [-0.25, -0.2) is 0 Å². The van der Waals surface area contributed by atoms with E-state index in [1.165, 1.54) is 0 Å². The van der Waals surface area contributed by atoms with Crippen molar-refractivity contribution in [3.8, 4) is 0 Å².